The Labute approximate surface area is 85.9 Å². The number of hydrogen-bond acceptors (Lipinski definition) is 4. The van der Waals surface area contributed by atoms with Gasteiger partial charge < -0.3 is 4.52 Å². The van der Waals surface area contributed by atoms with Crippen LogP contribution in [0.4, 0.5) is 0 Å². The highest BCUT2D eigenvalue weighted by atomic mass is 35.5. The minimum atomic E-state index is 0.245. The van der Waals surface area contributed by atoms with E-state index in [1.807, 2.05) is 25.1 Å². The van der Waals surface area contributed by atoms with Crippen LogP contribution >= 0.6 is 11.6 Å². The fraction of sp³-hybridized carbons (Fsp3) is 0.222. The molecular weight excluding hydrogens is 202 g/mol. The van der Waals surface area contributed by atoms with Crippen LogP contribution in [0.3, 0.4) is 0 Å². The minimum Gasteiger partial charge on any atom is -0.332 e. The third-order valence-electron chi connectivity index (χ3n) is 1.70. The van der Waals surface area contributed by atoms with Crippen molar-refractivity contribution in [1.82, 2.24) is 15.1 Å². The Morgan fingerprint density at radius 2 is 2.21 bits per heavy atom. The van der Waals surface area contributed by atoms with Crippen molar-refractivity contribution >= 4 is 11.6 Å². The predicted octanol–water partition coefficient (Wildman–Crippen LogP) is 2.18. The van der Waals surface area contributed by atoms with Crippen LogP contribution in [0.25, 0.3) is 11.6 Å². The van der Waals surface area contributed by atoms with Crippen molar-refractivity contribution in [2.24, 2.45) is 0 Å². The van der Waals surface area contributed by atoms with Gasteiger partial charge in [0.2, 0.25) is 0 Å². The van der Waals surface area contributed by atoms with Crippen LogP contribution in [0.2, 0.25) is 0 Å². The van der Waals surface area contributed by atoms with Crippen molar-refractivity contribution in [2.45, 2.75) is 12.8 Å². The van der Waals surface area contributed by atoms with Crippen LogP contribution < -0.4 is 0 Å². The highest BCUT2D eigenvalue weighted by Crippen LogP contribution is 2.14. The summed E-state index contributed by atoms with van der Waals surface area (Å²) in [5, 5.41) is 3.68. The van der Waals surface area contributed by atoms with E-state index in [0.717, 1.165) is 5.69 Å². The Hall–Kier alpha value is -1.42. The average Bonchev–Trinajstić information content (AvgIpc) is 2.66. The Morgan fingerprint density at radius 3 is 2.86 bits per heavy atom. The molecule has 0 radical (unpaired) electrons. The predicted molar refractivity (Wildman–Crippen MR) is 51.8 cm³/mol. The molecule has 72 valence electrons. The number of aryl methyl sites for hydroxylation is 1. The summed E-state index contributed by atoms with van der Waals surface area (Å²) >= 11 is 5.55. The standard InChI is InChI=1S/C9H8ClN3O/c1-6-3-2-4-7(11-6)9-12-8(5-10)13-14-9/h2-4H,5H2,1H3. The van der Waals surface area contributed by atoms with Crippen molar-refractivity contribution in [2.75, 3.05) is 0 Å². The van der Waals surface area contributed by atoms with Gasteiger partial charge in [0.15, 0.2) is 5.82 Å². The summed E-state index contributed by atoms with van der Waals surface area (Å²) in [6, 6.07) is 5.61. The van der Waals surface area contributed by atoms with E-state index in [4.69, 9.17) is 16.1 Å². The third kappa shape index (κ3) is 1.75. The van der Waals surface area contributed by atoms with Gasteiger partial charge in [0.25, 0.3) is 5.89 Å². The van der Waals surface area contributed by atoms with Gasteiger partial charge in [-0.3, -0.25) is 0 Å². The molecule has 2 aromatic heterocycles. The van der Waals surface area contributed by atoms with Gasteiger partial charge in [-0.25, -0.2) is 4.98 Å². The lowest BCUT2D eigenvalue weighted by Gasteiger charge is -1.93. The van der Waals surface area contributed by atoms with Gasteiger partial charge in [0.1, 0.15) is 5.69 Å². The second-order valence-electron chi connectivity index (χ2n) is 2.81. The molecule has 0 aromatic carbocycles. The first-order valence-corrected chi connectivity index (χ1v) is 4.65. The molecule has 0 aliphatic rings. The topological polar surface area (TPSA) is 51.8 Å². The van der Waals surface area contributed by atoms with Gasteiger partial charge in [0, 0.05) is 5.69 Å². The quantitative estimate of drug-likeness (QED) is 0.712. The smallest absolute Gasteiger partial charge is 0.276 e. The number of hydrogen-bond donors (Lipinski definition) is 0. The SMILES string of the molecule is Cc1cccc(-c2nc(CCl)no2)n1. The van der Waals surface area contributed by atoms with Crippen LogP contribution in [0.5, 0.6) is 0 Å². The largest absolute Gasteiger partial charge is 0.332 e. The molecule has 0 aliphatic heterocycles. The second kappa shape index (κ2) is 3.75. The van der Waals surface area contributed by atoms with Crippen LogP contribution in [0, 0.1) is 6.92 Å². The molecular formula is C9H8ClN3O. The fourth-order valence-electron chi connectivity index (χ4n) is 1.07. The molecule has 0 aliphatic carbocycles. The molecule has 0 unspecified atom stereocenters. The lowest BCUT2D eigenvalue weighted by atomic mass is 10.3. The van der Waals surface area contributed by atoms with Crippen molar-refractivity contribution in [3.63, 3.8) is 0 Å². The second-order valence-corrected chi connectivity index (χ2v) is 3.08. The maximum atomic E-state index is 5.55. The summed E-state index contributed by atoms with van der Waals surface area (Å²) in [4.78, 5) is 8.32. The Kier molecular flexibility index (Phi) is 2.45. The van der Waals surface area contributed by atoms with Crippen molar-refractivity contribution in [3.05, 3.63) is 29.7 Å². The third-order valence-corrected chi connectivity index (χ3v) is 1.93. The number of alkyl halides is 1. The molecule has 0 spiro atoms. The van der Waals surface area contributed by atoms with E-state index in [0.29, 0.717) is 17.4 Å². The first-order valence-electron chi connectivity index (χ1n) is 4.12. The van der Waals surface area contributed by atoms with Crippen LogP contribution in [-0.2, 0) is 5.88 Å². The van der Waals surface area contributed by atoms with Gasteiger partial charge in [0.05, 0.1) is 5.88 Å². The zero-order chi connectivity index (χ0) is 9.97. The van der Waals surface area contributed by atoms with E-state index in [-0.39, 0.29) is 5.88 Å². The summed E-state index contributed by atoms with van der Waals surface area (Å²) < 4.78 is 4.99. The van der Waals surface area contributed by atoms with E-state index in [9.17, 15) is 0 Å². The number of aromatic nitrogens is 3. The lowest BCUT2D eigenvalue weighted by Crippen LogP contribution is -1.86. The molecule has 0 bridgehead atoms. The maximum absolute atomic E-state index is 5.55. The van der Waals surface area contributed by atoms with E-state index in [1.165, 1.54) is 0 Å². The Balaban J connectivity index is 2.39. The lowest BCUT2D eigenvalue weighted by molar-refractivity contribution is 0.423. The maximum Gasteiger partial charge on any atom is 0.276 e. The molecule has 14 heavy (non-hydrogen) atoms. The molecule has 5 heteroatoms. The fourth-order valence-corrected chi connectivity index (χ4v) is 1.18. The van der Waals surface area contributed by atoms with Crippen LogP contribution in [0.1, 0.15) is 11.5 Å². The van der Waals surface area contributed by atoms with Crippen LogP contribution in [0.15, 0.2) is 22.7 Å². The molecule has 0 fully saturated rings. The number of rotatable bonds is 2. The molecule has 0 amide bonds. The Morgan fingerprint density at radius 1 is 1.36 bits per heavy atom. The van der Waals surface area contributed by atoms with Crippen molar-refractivity contribution in [3.8, 4) is 11.6 Å². The molecule has 0 saturated carbocycles. The van der Waals surface area contributed by atoms with Crippen molar-refractivity contribution < 1.29 is 4.52 Å². The van der Waals surface area contributed by atoms with E-state index in [2.05, 4.69) is 15.1 Å². The molecule has 4 nitrogen and oxygen atoms in total. The van der Waals surface area contributed by atoms with Gasteiger partial charge in [-0.05, 0) is 19.1 Å². The first-order chi connectivity index (χ1) is 6.79. The zero-order valence-corrected chi connectivity index (χ0v) is 8.32. The number of halogens is 1. The monoisotopic (exact) mass is 209 g/mol. The summed E-state index contributed by atoms with van der Waals surface area (Å²) in [6.07, 6.45) is 0. The van der Waals surface area contributed by atoms with E-state index >= 15 is 0 Å². The molecule has 2 heterocycles. The zero-order valence-electron chi connectivity index (χ0n) is 7.57. The molecule has 2 rings (SSSR count). The summed E-state index contributed by atoms with van der Waals surface area (Å²) in [5.41, 5.74) is 1.59. The molecule has 0 N–H and O–H groups in total. The van der Waals surface area contributed by atoms with E-state index in [1.54, 1.807) is 0 Å². The number of nitrogens with zero attached hydrogens (tertiary/aromatic N) is 3. The van der Waals surface area contributed by atoms with E-state index < -0.39 is 0 Å². The normalized spacial score (nSPS) is 10.4. The first kappa shape index (κ1) is 9.15. The minimum absolute atomic E-state index is 0.245. The molecule has 0 saturated heterocycles. The van der Waals surface area contributed by atoms with Gasteiger partial charge in [-0.15, -0.1) is 11.6 Å². The Bertz CT molecular complexity index is 441. The van der Waals surface area contributed by atoms with Gasteiger partial charge >= 0.3 is 0 Å². The average molecular weight is 210 g/mol. The highest BCUT2D eigenvalue weighted by Gasteiger charge is 2.08. The summed E-state index contributed by atoms with van der Waals surface area (Å²) in [7, 11) is 0. The van der Waals surface area contributed by atoms with Crippen LogP contribution in [-0.4, -0.2) is 15.1 Å². The number of pyridine rings is 1. The van der Waals surface area contributed by atoms with Crippen molar-refractivity contribution in [1.29, 1.82) is 0 Å². The molecule has 0 atom stereocenters. The summed E-state index contributed by atoms with van der Waals surface area (Å²) in [5.74, 6) is 1.13. The van der Waals surface area contributed by atoms with Gasteiger partial charge in [-0.2, -0.15) is 4.98 Å². The molecule has 2 aromatic rings. The highest BCUT2D eigenvalue weighted by molar-refractivity contribution is 6.16. The summed E-state index contributed by atoms with van der Waals surface area (Å²) in [6.45, 7) is 1.91. The van der Waals surface area contributed by atoms with Gasteiger partial charge in [-0.1, -0.05) is 11.2 Å².